The number of hydrogen-bond donors (Lipinski definition) is 0. The van der Waals surface area contributed by atoms with Gasteiger partial charge in [-0.15, -0.1) is 10.2 Å². The van der Waals surface area contributed by atoms with E-state index in [0.29, 0.717) is 0 Å². The van der Waals surface area contributed by atoms with Crippen molar-refractivity contribution in [2.75, 3.05) is 0 Å². The van der Waals surface area contributed by atoms with Gasteiger partial charge in [0.2, 0.25) is 0 Å². The highest BCUT2D eigenvalue weighted by molar-refractivity contribution is 6.09. The van der Waals surface area contributed by atoms with Crippen LogP contribution in [-0.4, -0.2) is 19.3 Å². The Hall–Kier alpha value is -4.96. The highest BCUT2D eigenvalue weighted by Gasteiger charge is 2.18. The summed E-state index contributed by atoms with van der Waals surface area (Å²) in [5, 5.41) is 11.8. The monoisotopic (exact) mass is 490 g/mol. The van der Waals surface area contributed by atoms with E-state index in [1.165, 1.54) is 32.9 Å². The molecule has 2 aromatic heterocycles. The average Bonchev–Trinajstić information content (AvgIpc) is 3.55. The second-order valence-corrected chi connectivity index (χ2v) is 9.73. The molecule has 2 heterocycles. The van der Waals surface area contributed by atoms with Gasteiger partial charge in [-0.2, -0.15) is 0 Å². The van der Waals surface area contributed by atoms with Crippen LogP contribution >= 0.6 is 0 Å². The molecule has 0 spiro atoms. The lowest BCUT2D eigenvalue weighted by Gasteiger charge is -2.14. The van der Waals surface area contributed by atoms with Gasteiger partial charge in [0, 0.05) is 33.3 Å². The molecule has 0 amide bonds. The molecule has 5 aromatic carbocycles. The van der Waals surface area contributed by atoms with E-state index in [-0.39, 0.29) is 0 Å². The van der Waals surface area contributed by atoms with Crippen LogP contribution < -0.4 is 0 Å². The third-order valence-corrected chi connectivity index (χ3v) is 7.41. The van der Waals surface area contributed by atoms with E-state index in [4.69, 9.17) is 0 Å². The molecule has 0 aliphatic rings. The number of benzene rings is 5. The highest BCUT2D eigenvalue weighted by atomic mass is 15.3. The van der Waals surface area contributed by atoms with Gasteiger partial charge in [-0.25, -0.2) is 0 Å². The molecule has 4 nitrogen and oxygen atoms in total. The summed E-state index contributed by atoms with van der Waals surface area (Å²) < 4.78 is 4.50. The second-order valence-electron chi connectivity index (χ2n) is 9.73. The lowest BCUT2D eigenvalue weighted by Crippen LogP contribution is -2.02. The molecule has 0 fully saturated rings. The zero-order valence-corrected chi connectivity index (χ0v) is 21.3. The minimum absolute atomic E-state index is 0.823. The van der Waals surface area contributed by atoms with Gasteiger partial charge in [-0.1, -0.05) is 78.9 Å². The van der Waals surface area contributed by atoms with Crippen LogP contribution in [0.3, 0.4) is 0 Å². The number of rotatable bonds is 4. The summed E-state index contributed by atoms with van der Waals surface area (Å²) in [4.78, 5) is 0. The SMILES string of the molecule is Cc1ccc(-c2nnc(-c3ccccc3)n2-c2ccc(-n3c4ccccc4c4ccccc43)cc2)cc1C. The molecule has 0 N–H and O–H groups in total. The maximum atomic E-state index is 4.67. The standard InChI is InChI=1S/C34H26N4/c1-23-16-17-26(22-24(23)2)34-36-35-33(25-10-4-3-5-11-25)38(34)28-20-18-27(19-21-28)37-31-14-8-6-12-29(31)30-13-7-9-15-32(30)37/h3-22H,1-2H3. The summed E-state index contributed by atoms with van der Waals surface area (Å²) in [6.45, 7) is 4.27. The van der Waals surface area contributed by atoms with Crippen LogP contribution in [0, 0.1) is 13.8 Å². The molecule has 0 saturated heterocycles. The number of aromatic nitrogens is 4. The van der Waals surface area contributed by atoms with Gasteiger partial charge in [0.1, 0.15) is 0 Å². The predicted octanol–water partition coefficient (Wildman–Crippen LogP) is 8.32. The predicted molar refractivity (Wildman–Crippen MR) is 156 cm³/mol. The number of nitrogens with zero attached hydrogens (tertiary/aromatic N) is 4. The van der Waals surface area contributed by atoms with Crippen molar-refractivity contribution in [2.45, 2.75) is 13.8 Å². The lowest BCUT2D eigenvalue weighted by molar-refractivity contribution is 1.06. The molecule has 0 aliphatic heterocycles. The van der Waals surface area contributed by atoms with Crippen LogP contribution in [0.5, 0.6) is 0 Å². The average molecular weight is 491 g/mol. The van der Waals surface area contributed by atoms with E-state index in [1.807, 2.05) is 18.2 Å². The van der Waals surface area contributed by atoms with E-state index in [1.54, 1.807) is 0 Å². The fourth-order valence-electron chi connectivity index (χ4n) is 5.32. The van der Waals surface area contributed by atoms with E-state index in [0.717, 1.165) is 34.2 Å². The van der Waals surface area contributed by atoms with Crippen molar-refractivity contribution in [1.29, 1.82) is 0 Å². The van der Waals surface area contributed by atoms with Crippen LogP contribution in [-0.2, 0) is 0 Å². The van der Waals surface area contributed by atoms with Crippen molar-refractivity contribution >= 4 is 21.8 Å². The fourth-order valence-corrected chi connectivity index (χ4v) is 5.32. The van der Waals surface area contributed by atoms with E-state index in [9.17, 15) is 0 Å². The lowest BCUT2D eigenvalue weighted by atomic mass is 10.1. The largest absolute Gasteiger partial charge is 0.309 e. The minimum Gasteiger partial charge on any atom is -0.309 e. The molecule has 0 atom stereocenters. The summed E-state index contributed by atoms with van der Waals surface area (Å²) in [7, 11) is 0. The van der Waals surface area contributed by atoms with Crippen molar-refractivity contribution in [3.63, 3.8) is 0 Å². The first-order valence-corrected chi connectivity index (χ1v) is 12.9. The quantitative estimate of drug-likeness (QED) is 0.249. The number of hydrogen-bond acceptors (Lipinski definition) is 2. The summed E-state index contributed by atoms with van der Waals surface area (Å²) in [5.74, 6) is 1.65. The number of aryl methyl sites for hydroxylation is 2. The molecule has 0 saturated carbocycles. The van der Waals surface area contributed by atoms with Crippen molar-refractivity contribution in [1.82, 2.24) is 19.3 Å². The van der Waals surface area contributed by atoms with Gasteiger partial charge < -0.3 is 4.57 Å². The molecule has 0 radical (unpaired) electrons. The van der Waals surface area contributed by atoms with Crippen LogP contribution in [0.2, 0.25) is 0 Å². The van der Waals surface area contributed by atoms with Crippen molar-refractivity contribution in [3.8, 4) is 34.2 Å². The Labute approximate surface area is 221 Å². The summed E-state index contributed by atoms with van der Waals surface area (Å²) in [5.41, 5.74) is 9.12. The Kier molecular flexibility index (Phi) is 5.19. The first-order valence-electron chi connectivity index (χ1n) is 12.9. The molecule has 0 unspecified atom stereocenters. The number of para-hydroxylation sites is 2. The van der Waals surface area contributed by atoms with Crippen molar-refractivity contribution in [3.05, 3.63) is 132 Å². The smallest absolute Gasteiger partial charge is 0.168 e. The Morgan fingerprint density at radius 3 is 1.58 bits per heavy atom. The van der Waals surface area contributed by atoms with Gasteiger partial charge in [0.25, 0.3) is 0 Å². The Morgan fingerprint density at radius 1 is 0.447 bits per heavy atom. The van der Waals surface area contributed by atoms with Crippen molar-refractivity contribution in [2.24, 2.45) is 0 Å². The zero-order chi connectivity index (χ0) is 25.6. The molecule has 7 aromatic rings. The van der Waals surface area contributed by atoms with Gasteiger partial charge in [-0.05, 0) is 67.4 Å². The van der Waals surface area contributed by atoms with E-state index < -0.39 is 0 Å². The van der Waals surface area contributed by atoms with Gasteiger partial charge in [-0.3, -0.25) is 4.57 Å². The summed E-state index contributed by atoms with van der Waals surface area (Å²) in [6, 6.07) is 42.6. The Balaban J connectivity index is 1.41. The maximum absolute atomic E-state index is 4.67. The first kappa shape index (κ1) is 22.3. The zero-order valence-electron chi connectivity index (χ0n) is 21.3. The third-order valence-electron chi connectivity index (χ3n) is 7.41. The first-order chi connectivity index (χ1) is 18.7. The van der Waals surface area contributed by atoms with E-state index >= 15 is 0 Å². The van der Waals surface area contributed by atoms with Crippen LogP contribution in [0.1, 0.15) is 11.1 Å². The third kappa shape index (κ3) is 3.53. The van der Waals surface area contributed by atoms with Gasteiger partial charge in [0.05, 0.1) is 11.0 Å². The topological polar surface area (TPSA) is 35.6 Å². The molecule has 0 bridgehead atoms. The molecular weight excluding hydrogens is 464 g/mol. The van der Waals surface area contributed by atoms with Gasteiger partial charge in [0.15, 0.2) is 11.6 Å². The molecule has 4 heteroatoms. The highest BCUT2D eigenvalue weighted by Crippen LogP contribution is 2.33. The van der Waals surface area contributed by atoms with Crippen LogP contribution in [0.15, 0.2) is 121 Å². The molecular formula is C34H26N4. The van der Waals surface area contributed by atoms with E-state index in [2.05, 4.69) is 136 Å². The maximum Gasteiger partial charge on any atom is 0.168 e. The molecule has 182 valence electrons. The Morgan fingerprint density at radius 2 is 0.974 bits per heavy atom. The number of fused-ring (bicyclic) bond motifs is 3. The van der Waals surface area contributed by atoms with Crippen molar-refractivity contribution < 1.29 is 0 Å². The normalized spacial score (nSPS) is 11.4. The summed E-state index contributed by atoms with van der Waals surface area (Å²) >= 11 is 0. The minimum atomic E-state index is 0.823. The van der Waals surface area contributed by atoms with Gasteiger partial charge >= 0.3 is 0 Å². The van der Waals surface area contributed by atoms with Crippen LogP contribution in [0.4, 0.5) is 0 Å². The molecule has 0 aliphatic carbocycles. The molecule has 38 heavy (non-hydrogen) atoms. The molecule has 7 rings (SSSR count). The second kappa shape index (κ2) is 8.86. The summed E-state index contributed by atoms with van der Waals surface area (Å²) in [6.07, 6.45) is 0. The van der Waals surface area contributed by atoms with Crippen LogP contribution in [0.25, 0.3) is 56.0 Å². The Bertz CT molecular complexity index is 1870. The fraction of sp³-hybridized carbons (Fsp3) is 0.0588.